The van der Waals surface area contributed by atoms with Crippen molar-refractivity contribution in [3.63, 3.8) is 0 Å². The van der Waals surface area contributed by atoms with Crippen LogP contribution in [0.3, 0.4) is 0 Å². The number of anilines is 2. The predicted octanol–water partition coefficient (Wildman–Crippen LogP) is 2.35. The fraction of sp³-hybridized carbons (Fsp3) is 0.353. The first-order chi connectivity index (χ1) is 10.8. The van der Waals surface area contributed by atoms with E-state index in [-0.39, 0.29) is 5.91 Å². The van der Waals surface area contributed by atoms with E-state index in [1.165, 1.54) is 19.0 Å². The zero-order chi connectivity index (χ0) is 14.9. The lowest BCUT2D eigenvalue weighted by Crippen LogP contribution is -2.45. The van der Waals surface area contributed by atoms with Gasteiger partial charge >= 0.3 is 0 Å². The molecular formula is C17H18N4O. The molecule has 5 heteroatoms. The van der Waals surface area contributed by atoms with Gasteiger partial charge in [-0.15, -0.1) is 0 Å². The van der Waals surface area contributed by atoms with Crippen LogP contribution < -0.4 is 9.80 Å². The van der Waals surface area contributed by atoms with Crippen LogP contribution in [0.15, 0.2) is 42.9 Å². The van der Waals surface area contributed by atoms with Crippen molar-refractivity contribution in [2.45, 2.75) is 12.8 Å². The van der Waals surface area contributed by atoms with E-state index < -0.39 is 0 Å². The van der Waals surface area contributed by atoms with Gasteiger partial charge in [0, 0.05) is 32.0 Å². The predicted molar refractivity (Wildman–Crippen MR) is 85.1 cm³/mol. The van der Waals surface area contributed by atoms with E-state index in [0.717, 1.165) is 30.4 Å². The number of rotatable bonds is 3. The number of hydrogen-bond acceptors (Lipinski definition) is 4. The van der Waals surface area contributed by atoms with E-state index in [4.69, 9.17) is 0 Å². The summed E-state index contributed by atoms with van der Waals surface area (Å²) in [5, 5.41) is 0. The minimum absolute atomic E-state index is 0.0772. The normalized spacial score (nSPS) is 17.3. The van der Waals surface area contributed by atoms with Crippen molar-refractivity contribution < 1.29 is 4.79 Å². The summed E-state index contributed by atoms with van der Waals surface area (Å²) < 4.78 is 0. The number of para-hydroxylation sites is 2. The van der Waals surface area contributed by atoms with E-state index in [1.807, 2.05) is 23.1 Å². The second-order valence-corrected chi connectivity index (χ2v) is 5.93. The molecule has 2 aliphatic rings. The molecule has 0 saturated heterocycles. The van der Waals surface area contributed by atoms with Gasteiger partial charge in [0.25, 0.3) is 5.91 Å². The quantitative estimate of drug-likeness (QED) is 0.872. The third kappa shape index (κ3) is 2.43. The molecule has 2 aromatic rings. The summed E-state index contributed by atoms with van der Waals surface area (Å²) in [6.07, 6.45) is 7.34. The van der Waals surface area contributed by atoms with Crippen LogP contribution in [0.25, 0.3) is 0 Å². The summed E-state index contributed by atoms with van der Waals surface area (Å²) in [5.74, 6) is 0.752. The van der Waals surface area contributed by atoms with Gasteiger partial charge in [-0.05, 0) is 30.9 Å². The van der Waals surface area contributed by atoms with Crippen LogP contribution >= 0.6 is 0 Å². The Morgan fingerprint density at radius 2 is 1.95 bits per heavy atom. The van der Waals surface area contributed by atoms with Crippen molar-refractivity contribution >= 4 is 17.3 Å². The highest BCUT2D eigenvalue weighted by atomic mass is 16.2. The molecule has 5 nitrogen and oxygen atoms in total. The molecule has 22 heavy (non-hydrogen) atoms. The second kappa shape index (κ2) is 5.40. The highest BCUT2D eigenvalue weighted by Crippen LogP contribution is 2.37. The molecule has 1 aromatic heterocycles. The number of fused-ring (bicyclic) bond motifs is 1. The summed E-state index contributed by atoms with van der Waals surface area (Å²) in [5.41, 5.74) is 2.52. The van der Waals surface area contributed by atoms with Gasteiger partial charge in [-0.1, -0.05) is 12.1 Å². The summed E-state index contributed by atoms with van der Waals surface area (Å²) in [6, 6.07) is 8.14. The lowest BCUT2D eigenvalue weighted by atomic mass is 10.1. The monoisotopic (exact) mass is 294 g/mol. The van der Waals surface area contributed by atoms with Crippen LogP contribution in [0, 0.1) is 5.92 Å². The number of nitrogens with zero attached hydrogens (tertiary/aromatic N) is 4. The highest BCUT2D eigenvalue weighted by molar-refractivity contribution is 6.07. The fourth-order valence-electron chi connectivity index (χ4n) is 2.98. The molecule has 2 heterocycles. The number of hydrogen-bond donors (Lipinski definition) is 0. The molecular weight excluding hydrogens is 276 g/mol. The van der Waals surface area contributed by atoms with E-state index in [0.29, 0.717) is 12.2 Å². The number of aromatic nitrogens is 2. The van der Waals surface area contributed by atoms with Gasteiger partial charge in [0.15, 0.2) is 0 Å². The maximum absolute atomic E-state index is 12.7. The molecule has 1 saturated carbocycles. The van der Waals surface area contributed by atoms with Gasteiger partial charge in [-0.25, -0.2) is 4.98 Å². The first-order valence-electron chi connectivity index (χ1n) is 7.75. The SMILES string of the molecule is O=C(c1cnccn1)N1CCN(CC2CC2)c2ccccc21. The highest BCUT2D eigenvalue weighted by Gasteiger charge is 2.31. The van der Waals surface area contributed by atoms with Gasteiger partial charge < -0.3 is 9.80 Å². The Morgan fingerprint density at radius 1 is 1.14 bits per heavy atom. The van der Waals surface area contributed by atoms with Crippen LogP contribution in [0.5, 0.6) is 0 Å². The van der Waals surface area contributed by atoms with Gasteiger partial charge in [0.2, 0.25) is 0 Å². The van der Waals surface area contributed by atoms with Crippen LogP contribution in [0.4, 0.5) is 11.4 Å². The lowest BCUT2D eigenvalue weighted by Gasteiger charge is -2.37. The summed E-state index contributed by atoms with van der Waals surface area (Å²) in [7, 11) is 0. The van der Waals surface area contributed by atoms with Crippen LogP contribution in [-0.2, 0) is 0 Å². The average Bonchev–Trinajstić information content (AvgIpc) is 3.39. The summed E-state index contributed by atoms with van der Waals surface area (Å²) in [4.78, 5) is 25.1. The van der Waals surface area contributed by atoms with Crippen LogP contribution in [0.2, 0.25) is 0 Å². The standard InChI is InChI=1S/C17H18N4O/c22-17(14-11-18-7-8-19-14)21-10-9-20(12-13-5-6-13)15-3-1-2-4-16(15)21/h1-4,7-8,11,13H,5-6,9-10,12H2. The zero-order valence-corrected chi connectivity index (χ0v) is 12.4. The number of carbonyl (C=O) groups excluding carboxylic acids is 1. The molecule has 0 bridgehead atoms. The molecule has 112 valence electrons. The Morgan fingerprint density at radius 3 is 2.68 bits per heavy atom. The third-order valence-corrected chi connectivity index (χ3v) is 4.31. The fourth-order valence-corrected chi connectivity index (χ4v) is 2.98. The zero-order valence-electron chi connectivity index (χ0n) is 12.4. The van der Waals surface area contributed by atoms with Crippen molar-refractivity contribution in [3.05, 3.63) is 48.5 Å². The number of carbonyl (C=O) groups is 1. The minimum atomic E-state index is -0.0772. The van der Waals surface area contributed by atoms with Crippen LogP contribution in [-0.4, -0.2) is 35.5 Å². The number of amides is 1. The molecule has 0 N–H and O–H groups in total. The Kier molecular flexibility index (Phi) is 3.25. The molecule has 0 unspecified atom stereocenters. The number of benzene rings is 1. The van der Waals surface area contributed by atoms with Crippen molar-refractivity contribution in [2.75, 3.05) is 29.4 Å². The van der Waals surface area contributed by atoms with Gasteiger partial charge in [0.1, 0.15) is 5.69 Å². The van der Waals surface area contributed by atoms with E-state index in [2.05, 4.69) is 20.9 Å². The Labute approximate surface area is 129 Å². The van der Waals surface area contributed by atoms with Crippen molar-refractivity contribution in [1.82, 2.24) is 9.97 Å². The Hall–Kier alpha value is -2.43. The van der Waals surface area contributed by atoms with Crippen molar-refractivity contribution in [1.29, 1.82) is 0 Å². The lowest BCUT2D eigenvalue weighted by molar-refractivity contribution is 0.0981. The van der Waals surface area contributed by atoms with E-state index in [9.17, 15) is 4.79 Å². The molecule has 0 radical (unpaired) electrons. The maximum atomic E-state index is 12.7. The average molecular weight is 294 g/mol. The van der Waals surface area contributed by atoms with E-state index in [1.54, 1.807) is 12.4 Å². The van der Waals surface area contributed by atoms with Gasteiger partial charge in [0.05, 0.1) is 17.6 Å². The van der Waals surface area contributed by atoms with Crippen molar-refractivity contribution in [3.8, 4) is 0 Å². The van der Waals surface area contributed by atoms with Gasteiger partial charge in [-0.3, -0.25) is 9.78 Å². The topological polar surface area (TPSA) is 49.3 Å². The summed E-state index contributed by atoms with van der Waals surface area (Å²) >= 11 is 0. The minimum Gasteiger partial charge on any atom is -0.368 e. The Bertz CT molecular complexity index is 684. The first-order valence-corrected chi connectivity index (χ1v) is 7.75. The van der Waals surface area contributed by atoms with Gasteiger partial charge in [-0.2, -0.15) is 0 Å². The summed E-state index contributed by atoms with van der Waals surface area (Å²) in [6.45, 7) is 2.67. The molecule has 0 atom stereocenters. The molecule has 1 aliphatic carbocycles. The first kappa shape index (κ1) is 13.2. The molecule has 0 spiro atoms. The second-order valence-electron chi connectivity index (χ2n) is 5.93. The molecule has 1 aromatic carbocycles. The van der Waals surface area contributed by atoms with Crippen LogP contribution in [0.1, 0.15) is 23.3 Å². The maximum Gasteiger partial charge on any atom is 0.278 e. The largest absolute Gasteiger partial charge is 0.368 e. The smallest absolute Gasteiger partial charge is 0.278 e. The molecule has 1 aliphatic heterocycles. The van der Waals surface area contributed by atoms with E-state index >= 15 is 0 Å². The Balaban J connectivity index is 1.65. The molecule has 1 amide bonds. The third-order valence-electron chi connectivity index (χ3n) is 4.31. The molecule has 1 fully saturated rings. The molecule has 4 rings (SSSR count). The van der Waals surface area contributed by atoms with Crippen molar-refractivity contribution in [2.24, 2.45) is 5.92 Å².